The zero-order chi connectivity index (χ0) is 25.4. The van der Waals surface area contributed by atoms with Crippen molar-refractivity contribution >= 4 is 40.7 Å². The number of nitrogens with zero attached hydrogens (tertiary/aromatic N) is 3. The zero-order valence-corrected chi connectivity index (χ0v) is 20.2. The quantitative estimate of drug-likeness (QED) is 0.313. The maximum Gasteiger partial charge on any atom is 0.338 e. The number of rotatable bonds is 5. The van der Waals surface area contributed by atoms with E-state index in [0.29, 0.717) is 22.0 Å². The summed E-state index contributed by atoms with van der Waals surface area (Å²) in [6.45, 7) is 1.62. The number of aromatic hydroxyl groups is 1. The number of benzene rings is 2. The molecule has 1 aliphatic rings. The van der Waals surface area contributed by atoms with Crippen molar-refractivity contribution in [3.8, 4) is 11.5 Å². The Hall–Kier alpha value is -3.96. The summed E-state index contributed by atoms with van der Waals surface area (Å²) in [6, 6.07) is 7.37. The van der Waals surface area contributed by atoms with Crippen molar-refractivity contribution in [1.29, 1.82) is 0 Å². The number of methoxy groups -OCH3 is 2. The maximum atomic E-state index is 13.6. The number of nitro benzene ring substituents is 1. The lowest BCUT2D eigenvalue weighted by Crippen LogP contribution is -2.40. The number of non-ortho nitro benzene ring substituents is 1. The Labute approximate surface area is 206 Å². The van der Waals surface area contributed by atoms with Crippen LogP contribution < -0.4 is 19.6 Å². The minimum atomic E-state index is -0.965. The van der Waals surface area contributed by atoms with Gasteiger partial charge in [-0.25, -0.2) is 9.79 Å². The molecule has 0 amide bonds. The molecule has 0 aliphatic carbocycles. The highest BCUT2D eigenvalue weighted by molar-refractivity contribution is 7.07. The molecular formula is C23H18ClN3O7S. The van der Waals surface area contributed by atoms with Gasteiger partial charge in [0.2, 0.25) is 0 Å². The summed E-state index contributed by atoms with van der Waals surface area (Å²) < 4.78 is 11.9. The summed E-state index contributed by atoms with van der Waals surface area (Å²) in [6.07, 6.45) is 1.34. The van der Waals surface area contributed by atoms with E-state index in [1.54, 1.807) is 25.1 Å². The van der Waals surface area contributed by atoms with Gasteiger partial charge in [-0.05, 0) is 37.3 Å². The maximum absolute atomic E-state index is 13.6. The highest BCUT2D eigenvalue weighted by Crippen LogP contribution is 2.37. The molecular weight excluding hydrogens is 498 g/mol. The first-order valence-electron chi connectivity index (χ1n) is 10.1. The highest BCUT2D eigenvalue weighted by atomic mass is 35.5. The van der Waals surface area contributed by atoms with Crippen molar-refractivity contribution in [2.45, 2.75) is 13.0 Å². The van der Waals surface area contributed by atoms with Crippen LogP contribution in [-0.4, -0.2) is 34.8 Å². The van der Waals surface area contributed by atoms with Gasteiger partial charge in [0.25, 0.3) is 11.2 Å². The van der Waals surface area contributed by atoms with Gasteiger partial charge < -0.3 is 14.6 Å². The summed E-state index contributed by atoms with van der Waals surface area (Å²) in [5.41, 5.74) is 0.235. The highest BCUT2D eigenvalue weighted by Gasteiger charge is 2.35. The van der Waals surface area contributed by atoms with Gasteiger partial charge in [-0.3, -0.25) is 19.5 Å². The van der Waals surface area contributed by atoms with Gasteiger partial charge in [0.15, 0.2) is 4.80 Å². The number of thiazole rings is 1. The fraction of sp³-hybridized carbons (Fsp3) is 0.174. The van der Waals surface area contributed by atoms with Crippen molar-refractivity contribution in [3.05, 3.63) is 93.6 Å². The van der Waals surface area contributed by atoms with Crippen LogP contribution in [0.2, 0.25) is 5.02 Å². The number of esters is 1. The molecule has 2 heterocycles. The van der Waals surface area contributed by atoms with E-state index in [-0.39, 0.29) is 31.9 Å². The van der Waals surface area contributed by atoms with Crippen LogP contribution in [0.5, 0.6) is 11.5 Å². The Bertz CT molecular complexity index is 1590. The molecule has 0 saturated heterocycles. The Morgan fingerprint density at radius 1 is 1.29 bits per heavy atom. The third-order valence-electron chi connectivity index (χ3n) is 5.42. The van der Waals surface area contributed by atoms with Crippen LogP contribution in [0.1, 0.15) is 24.1 Å². The average Bonchev–Trinajstić information content (AvgIpc) is 3.13. The van der Waals surface area contributed by atoms with Crippen LogP contribution in [0.15, 0.2) is 57.5 Å². The lowest BCUT2D eigenvalue weighted by Gasteiger charge is -2.25. The van der Waals surface area contributed by atoms with Crippen LogP contribution in [0.3, 0.4) is 0 Å². The Morgan fingerprint density at radius 2 is 2.03 bits per heavy atom. The molecule has 0 radical (unpaired) electrons. The second-order valence-corrected chi connectivity index (χ2v) is 8.91. The number of carbonyl (C=O) groups excluding carboxylic acids is 1. The van der Waals surface area contributed by atoms with Gasteiger partial charge in [-0.2, -0.15) is 0 Å². The van der Waals surface area contributed by atoms with Gasteiger partial charge in [-0.15, -0.1) is 0 Å². The van der Waals surface area contributed by atoms with Crippen LogP contribution >= 0.6 is 22.9 Å². The van der Waals surface area contributed by atoms with Gasteiger partial charge in [0.1, 0.15) is 17.5 Å². The van der Waals surface area contributed by atoms with Gasteiger partial charge in [-0.1, -0.05) is 22.9 Å². The van der Waals surface area contributed by atoms with E-state index in [4.69, 9.17) is 21.1 Å². The summed E-state index contributed by atoms with van der Waals surface area (Å²) in [7, 11) is 2.68. The van der Waals surface area contributed by atoms with Crippen molar-refractivity contribution in [3.63, 3.8) is 0 Å². The minimum absolute atomic E-state index is 0.0882. The standard InChI is InChI=1S/C23H18ClN3O7S/c1-11-19(22(30)34-3)20(15-10-13(24)4-7-17(15)33-2)26-21(29)18(35-23(26)25-11)9-12-8-14(27(31)32)5-6-16(12)28/h4-10,20,28H,1-3H3/b18-9-/t20-/m0/s1. The Kier molecular flexibility index (Phi) is 6.46. The number of allylic oxidation sites excluding steroid dienone is 1. The number of fused-ring (bicyclic) bond motifs is 1. The number of ether oxygens (including phenoxy) is 2. The molecule has 0 fully saturated rings. The third-order valence-corrected chi connectivity index (χ3v) is 6.64. The molecule has 0 spiro atoms. The fourth-order valence-corrected chi connectivity index (χ4v) is 5.04. The first-order chi connectivity index (χ1) is 16.7. The number of hydrogen-bond acceptors (Lipinski definition) is 9. The number of phenolic OH excluding ortho intramolecular Hbond substituents is 1. The molecule has 1 atom stereocenters. The van der Waals surface area contributed by atoms with E-state index >= 15 is 0 Å². The molecule has 0 unspecified atom stereocenters. The van der Waals surface area contributed by atoms with Crippen LogP contribution in [0.25, 0.3) is 6.08 Å². The second kappa shape index (κ2) is 9.35. The summed E-state index contributed by atoms with van der Waals surface area (Å²) in [5.74, 6) is -0.522. The van der Waals surface area contributed by atoms with Crippen molar-refractivity contribution in [2.75, 3.05) is 14.2 Å². The average molecular weight is 516 g/mol. The van der Waals surface area contributed by atoms with E-state index in [9.17, 15) is 24.8 Å². The minimum Gasteiger partial charge on any atom is -0.507 e. The van der Waals surface area contributed by atoms with E-state index < -0.39 is 22.5 Å². The van der Waals surface area contributed by atoms with Crippen LogP contribution in [-0.2, 0) is 9.53 Å². The van der Waals surface area contributed by atoms with Gasteiger partial charge in [0, 0.05) is 28.3 Å². The van der Waals surface area contributed by atoms with Crippen molar-refractivity contribution in [1.82, 2.24) is 4.57 Å². The van der Waals surface area contributed by atoms with E-state index in [1.807, 2.05) is 0 Å². The Balaban J connectivity index is 2.03. The second-order valence-electron chi connectivity index (χ2n) is 7.46. The first kappa shape index (κ1) is 24.2. The van der Waals surface area contributed by atoms with Crippen molar-refractivity contribution in [2.24, 2.45) is 4.99 Å². The van der Waals surface area contributed by atoms with Gasteiger partial charge in [0.05, 0.1) is 34.9 Å². The largest absolute Gasteiger partial charge is 0.507 e. The van der Waals surface area contributed by atoms with Crippen LogP contribution in [0, 0.1) is 10.1 Å². The molecule has 1 aliphatic heterocycles. The molecule has 35 heavy (non-hydrogen) atoms. The number of hydrogen-bond donors (Lipinski definition) is 1. The predicted octanol–water partition coefficient (Wildman–Crippen LogP) is 2.68. The number of nitro groups is 1. The molecule has 1 aromatic heterocycles. The topological polar surface area (TPSA) is 133 Å². The predicted molar refractivity (Wildman–Crippen MR) is 129 cm³/mol. The SMILES string of the molecule is COC(=O)C1=C(C)N=c2s/c(=C\c3cc([N+](=O)[O-])ccc3O)c(=O)n2[C@H]1c1cc(Cl)ccc1OC. The molecule has 4 rings (SSSR count). The lowest BCUT2D eigenvalue weighted by atomic mass is 9.95. The van der Waals surface area contributed by atoms with Crippen LogP contribution in [0.4, 0.5) is 5.69 Å². The first-order valence-corrected chi connectivity index (χ1v) is 11.3. The number of carbonyl (C=O) groups is 1. The number of aromatic nitrogens is 1. The Morgan fingerprint density at radius 3 is 2.69 bits per heavy atom. The van der Waals surface area contributed by atoms with Crippen molar-refractivity contribution < 1.29 is 24.3 Å². The molecule has 12 heteroatoms. The summed E-state index contributed by atoms with van der Waals surface area (Å²) >= 11 is 7.25. The smallest absolute Gasteiger partial charge is 0.338 e. The number of halogens is 1. The zero-order valence-electron chi connectivity index (χ0n) is 18.6. The number of phenols is 1. The molecule has 2 aromatic carbocycles. The third kappa shape index (κ3) is 4.31. The molecule has 180 valence electrons. The molecule has 1 N–H and O–H groups in total. The molecule has 0 bridgehead atoms. The fourth-order valence-electron chi connectivity index (χ4n) is 3.82. The van der Waals surface area contributed by atoms with E-state index in [0.717, 1.165) is 23.5 Å². The summed E-state index contributed by atoms with van der Waals surface area (Å²) in [5, 5.41) is 21.7. The lowest BCUT2D eigenvalue weighted by molar-refractivity contribution is -0.384. The van der Waals surface area contributed by atoms with Gasteiger partial charge >= 0.3 is 5.97 Å². The monoisotopic (exact) mass is 515 g/mol. The van der Waals surface area contributed by atoms with E-state index in [1.165, 1.54) is 30.9 Å². The molecule has 0 saturated carbocycles. The molecule has 10 nitrogen and oxygen atoms in total. The summed E-state index contributed by atoms with van der Waals surface area (Å²) in [4.78, 5) is 41.6. The van der Waals surface area contributed by atoms with E-state index in [2.05, 4.69) is 4.99 Å². The molecule has 3 aromatic rings. The normalized spacial score (nSPS) is 15.4.